The van der Waals surface area contributed by atoms with E-state index in [4.69, 9.17) is 10.00 Å². The average molecular weight is 274 g/mol. The van der Waals surface area contributed by atoms with E-state index in [0.717, 1.165) is 18.4 Å². The molecule has 0 radical (unpaired) electrons. The molecule has 0 bridgehead atoms. The van der Waals surface area contributed by atoms with E-state index in [9.17, 15) is 4.79 Å². The maximum atomic E-state index is 11.4. The minimum absolute atomic E-state index is 0.262. The molecule has 2 heterocycles. The lowest BCUT2D eigenvalue weighted by Crippen LogP contribution is -2.42. The van der Waals surface area contributed by atoms with E-state index in [-0.39, 0.29) is 12.1 Å². The Kier molecular flexibility index (Phi) is 4.41. The monoisotopic (exact) mass is 274 g/mol. The predicted molar refractivity (Wildman–Crippen MR) is 74.3 cm³/mol. The van der Waals surface area contributed by atoms with Crippen LogP contribution in [0, 0.1) is 18.3 Å². The molecule has 0 aromatic carbocycles. The van der Waals surface area contributed by atoms with Gasteiger partial charge in [0, 0.05) is 19.1 Å². The van der Waals surface area contributed by atoms with Gasteiger partial charge in [0.05, 0.1) is 7.11 Å². The van der Waals surface area contributed by atoms with Crippen LogP contribution >= 0.6 is 0 Å². The Morgan fingerprint density at radius 2 is 2.20 bits per heavy atom. The summed E-state index contributed by atoms with van der Waals surface area (Å²) in [4.78, 5) is 17.4. The van der Waals surface area contributed by atoms with Crippen LogP contribution in [0.2, 0.25) is 0 Å². The highest BCUT2D eigenvalue weighted by Gasteiger charge is 2.23. The van der Waals surface area contributed by atoms with Gasteiger partial charge in [-0.2, -0.15) is 5.26 Å². The number of carbonyl (C=O) groups is 1. The zero-order valence-corrected chi connectivity index (χ0v) is 11.7. The van der Waals surface area contributed by atoms with E-state index >= 15 is 0 Å². The number of likely N-dealkylation sites (tertiary alicyclic amines) is 1. The van der Waals surface area contributed by atoms with Crippen molar-refractivity contribution in [1.29, 1.82) is 5.26 Å². The van der Waals surface area contributed by atoms with Crippen molar-refractivity contribution in [3.05, 3.63) is 23.4 Å². The summed E-state index contributed by atoms with van der Waals surface area (Å²) in [7, 11) is 1.40. The maximum Gasteiger partial charge on any atom is 0.409 e. The van der Waals surface area contributed by atoms with Crippen molar-refractivity contribution in [3.8, 4) is 6.07 Å². The molecule has 6 heteroatoms. The summed E-state index contributed by atoms with van der Waals surface area (Å²) in [6.07, 6.45) is 1.41. The number of hydrogen-bond donors (Lipinski definition) is 1. The molecule has 1 aliphatic rings. The first-order valence-electron chi connectivity index (χ1n) is 6.61. The number of aryl methyl sites for hydroxylation is 1. The van der Waals surface area contributed by atoms with Crippen LogP contribution in [0.15, 0.2) is 12.1 Å². The molecule has 1 saturated heterocycles. The SMILES string of the molecule is COC(=O)N1CCC(Nc2ccc(C)c(C#N)n2)CC1. The summed E-state index contributed by atoms with van der Waals surface area (Å²) in [5.74, 6) is 0.712. The average Bonchev–Trinajstić information content (AvgIpc) is 2.49. The van der Waals surface area contributed by atoms with E-state index < -0.39 is 0 Å². The Hall–Kier alpha value is -2.29. The molecule has 20 heavy (non-hydrogen) atoms. The molecule has 2 rings (SSSR count). The highest BCUT2D eigenvalue weighted by molar-refractivity contribution is 5.67. The van der Waals surface area contributed by atoms with Crippen molar-refractivity contribution in [2.24, 2.45) is 0 Å². The predicted octanol–water partition coefficient (Wildman–Crippen LogP) is 1.90. The summed E-state index contributed by atoms with van der Waals surface area (Å²) in [6.45, 7) is 3.20. The molecular weight excluding hydrogens is 256 g/mol. The molecule has 6 nitrogen and oxygen atoms in total. The minimum atomic E-state index is -0.274. The van der Waals surface area contributed by atoms with Crippen LogP contribution in [0.5, 0.6) is 0 Å². The van der Waals surface area contributed by atoms with Crippen LogP contribution in [0.1, 0.15) is 24.1 Å². The van der Waals surface area contributed by atoms with Crippen LogP contribution in [0.4, 0.5) is 10.6 Å². The van der Waals surface area contributed by atoms with Crippen LogP contribution < -0.4 is 5.32 Å². The van der Waals surface area contributed by atoms with Crippen molar-refractivity contribution in [2.75, 3.05) is 25.5 Å². The van der Waals surface area contributed by atoms with E-state index in [1.807, 2.05) is 19.1 Å². The second-order valence-corrected chi connectivity index (χ2v) is 4.85. The molecule has 1 amide bonds. The number of carbonyl (C=O) groups excluding carboxylic acids is 1. The lowest BCUT2D eigenvalue weighted by molar-refractivity contribution is 0.113. The second kappa shape index (κ2) is 6.24. The zero-order valence-electron chi connectivity index (χ0n) is 11.7. The molecular formula is C14H18N4O2. The van der Waals surface area contributed by atoms with Gasteiger partial charge in [-0.05, 0) is 31.4 Å². The quantitative estimate of drug-likeness (QED) is 0.891. The normalized spacial score (nSPS) is 15.6. The van der Waals surface area contributed by atoms with Gasteiger partial charge in [0.15, 0.2) is 0 Å². The van der Waals surface area contributed by atoms with Crippen LogP contribution in [-0.2, 0) is 4.74 Å². The van der Waals surface area contributed by atoms with Gasteiger partial charge < -0.3 is 15.0 Å². The molecule has 0 atom stereocenters. The van der Waals surface area contributed by atoms with E-state index in [0.29, 0.717) is 24.6 Å². The van der Waals surface area contributed by atoms with Gasteiger partial charge >= 0.3 is 6.09 Å². The van der Waals surface area contributed by atoms with Crippen LogP contribution in [0.25, 0.3) is 0 Å². The van der Waals surface area contributed by atoms with Crippen molar-refractivity contribution in [1.82, 2.24) is 9.88 Å². The Bertz CT molecular complexity index is 530. The second-order valence-electron chi connectivity index (χ2n) is 4.85. The van der Waals surface area contributed by atoms with Gasteiger partial charge in [-0.1, -0.05) is 6.07 Å². The van der Waals surface area contributed by atoms with E-state index in [1.165, 1.54) is 7.11 Å². The fourth-order valence-corrected chi connectivity index (χ4v) is 2.27. The third-order valence-corrected chi connectivity index (χ3v) is 3.48. The molecule has 0 aliphatic carbocycles. The zero-order chi connectivity index (χ0) is 14.5. The Labute approximate surface area is 118 Å². The van der Waals surface area contributed by atoms with Crippen molar-refractivity contribution < 1.29 is 9.53 Å². The first kappa shape index (κ1) is 14.1. The Morgan fingerprint density at radius 1 is 1.50 bits per heavy atom. The highest BCUT2D eigenvalue weighted by Crippen LogP contribution is 2.17. The summed E-state index contributed by atoms with van der Waals surface area (Å²) >= 11 is 0. The first-order valence-corrected chi connectivity index (χ1v) is 6.61. The summed E-state index contributed by atoms with van der Waals surface area (Å²) in [6, 6.07) is 6.11. The number of nitrogens with one attached hydrogen (secondary N) is 1. The molecule has 0 saturated carbocycles. The van der Waals surface area contributed by atoms with E-state index in [2.05, 4.69) is 16.4 Å². The first-order chi connectivity index (χ1) is 9.63. The molecule has 1 aromatic rings. The molecule has 0 unspecified atom stereocenters. The van der Waals surface area contributed by atoms with Crippen molar-refractivity contribution >= 4 is 11.9 Å². The standard InChI is InChI=1S/C14H18N4O2/c1-10-3-4-13(17-12(10)9-15)16-11-5-7-18(8-6-11)14(19)20-2/h3-4,11H,5-8H2,1-2H3,(H,16,17). The number of anilines is 1. The summed E-state index contributed by atoms with van der Waals surface area (Å²) in [5.41, 5.74) is 1.32. The smallest absolute Gasteiger partial charge is 0.409 e. The number of pyridine rings is 1. The van der Waals surface area contributed by atoms with Crippen molar-refractivity contribution in [2.45, 2.75) is 25.8 Å². The number of amides is 1. The third kappa shape index (κ3) is 3.18. The minimum Gasteiger partial charge on any atom is -0.453 e. The van der Waals surface area contributed by atoms with Crippen LogP contribution in [0.3, 0.4) is 0 Å². The number of aromatic nitrogens is 1. The van der Waals surface area contributed by atoms with E-state index in [1.54, 1.807) is 4.90 Å². The topological polar surface area (TPSA) is 78.2 Å². The van der Waals surface area contributed by atoms with Gasteiger partial charge in [-0.3, -0.25) is 0 Å². The number of methoxy groups -OCH3 is 1. The molecule has 0 spiro atoms. The van der Waals surface area contributed by atoms with Gasteiger partial charge in [-0.15, -0.1) is 0 Å². The van der Waals surface area contributed by atoms with Gasteiger partial charge in [0.25, 0.3) is 0 Å². The lowest BCUT2D eigenvalue weighted by atomic mass is 10.1. The Balaban J connectivity index is 1.93. The molecule has 106 valence electrons. The largest absolute Gasteiger partial charge is 0.453 e. The number of hydrogen-bond acceptors (Lipinski definition) is 5. The number of nitriles is 1. The van der Waals surface area contributed by atoms with Crippen molar-refractivity contribution in [3.63, 3.8) is 0 Å². The fraction of sp³-hybridized carbons (Fsp3) is 0.500. The van der Waals surface area contributed by atoms with Gasteiger partial charge in [0.2, 0.25) is 0 Å². The number of ether oxygens (including phenoxy) is 1. The number of rotatable bonds is 2. The maximum absolute atomic E-state index is 11.4. The number of nitrogens with zero attached hydrogens (tertiary/aromatic N) is 3. The summed E-state index contributed by atoms with van der Waals surface area (Å²) < 4.78 is 4.70. The molecule has 1 aliphatic heterocycles. The van der Waals surface area contributed by atoms with Crippen LogP contribution in [-0.4, -0.2) is 42.2 Å². The number of piperidine rings is 1. The summed E-state index contributed by atoms with van der Waals surface area (Å²) in [5, 5.41) is 12.3. The third-order valence-electron chi connectivity index (χ3n) is 3.48. The van der Waals surface area contributed by atoms with Gasteiger partial charge in [0.1, 0.15) is 17.6 Å². The molecule has 1 aromatic heterocycles. The lowest BCUT2D eigenvalue weighted by Gasteiger charge is -2.31. The fourth-order valence-electron chi connectivity index (χ4n) is 2.27. The highest BCUT2D eigenvalue weighted by atomic mass is 16.5. The van der Waals surface area contributed by atoms with Gasteiger partial charge in [-0.25, -0.2) is 9.78 Å². The molecule has 1 N–H and O–H groups in total. The Morgan fingerprint density at radius 3 is 2.80 bits per heavy atom. The molecule has 1 fully saturated rings.